The minimum Gasteiger partial charge on any atom is -0.507 e. The molecule has 1 N–H and O–H groups in total. The SMILES string of the molecule is CC=CN1CCN2c3c(c(=O)n(-c4c(C)ncnc4C(C)C)c4nc(-c5c(O)cccc5F)c(F)cc34)N(C)C(=O)[C@H]2C1. The molecule has 0 unspecified atom stereocenters. The van der Waals surface area contributed by atoms with E-state index in [0.717, 1.165) is 6.07 Å². The number of nitrogens with zero attached hydrogens (tertiary/aromatic N) is 7. The zero-order chi connectivity index (χ0) is 30.7. The number of aromatic nitrogens is 4. The number of pyridine rings is 2. The van der Waals surface area contributed by atoms with Crippen molar-refractivity contribution in [2.75, 3.05) is 36.5 Å². The van der Waals surface area contributed by atoms with E-state index in [9.17, 15) is 14.7 Å². The number of piperazine rings is 1. The van der Waals surface area contributed by atoms with E-state index >= 15 is 8.78 Å². The first-order valence-electron chi connectivity index (χ1n) is 14.0. The Balaban J connectivity index is 1.76. The fourth-order valence-corrected chi connectivity index (χ4v) is 6.12. The highest BCUT2D eigenvalue weighted by Gasteiger charge is 2.43. The number of halogens is 2. The minimum atomic E-state index is -0.894. The predicted molar refractivity (Wildman–Crippen MR) is 160 cm³/mol. The molecule has 10 nitrogen and oxygen atoms in total. The van der Waals surface area contributed by atoms with Crippen molar-refractivity contribution < 1.29 is 18.7 Å². The van der Waals surface area contributed by atoms with Crippen LogP contribution >= 0.6 is 0 Å². The zero-order valence-electron chi connectivity index (χ0n) is 24.5. The van der Waals surface area contributed by atoms with Gasteiger partial charge in [-0.25, -0.2) is 23.7 Å². The van der Waals surface area contributed by atoms with E-state index in [1.807, 2.05) is 42.8 Å². The van der Waals surface area contributed by atoms with Gasteiger partial charge in [0.05, 0.1) is 28.3 Å². The van der Waals surface area contributed by atoms with Gasteiger partial charge in [-0.2, -0.15) is 0 Å². The lowest BCUT2D eigenvalue weighted by atomic mass is 10.00. The van der Waals surface area contributed by atoms with E-state index in [1.54, 1.807) is 6.92 Å². The molecule has 0 saturated carbocycles. The van der Waals surface area contributed by atoms with E-state index in [-0.39, 0.29) is 28.5 Å². The molecule has 1 fully saturated rings. The Morgan fingerprint density at radius 1 is 1.07 bits per heavy atom. The average Bonchev–Trinajstić information content (AvgIpc) is 2.96. The molecule has 43 heavy (non-hydrogen) atoms. The number of rotatable bonds is 4. The normalized spacial score (nSPS) is 16.9. The van der Waals surface area contributed by atoms with Crippen LogP contribution < -0.4 is 15.4 Å². The number of carbonyl (C=O) groups excluding carboxylic acids is 1. The van der Waals surface area contributed by atoms with Gasteiger partial charge < -0.3 is 19.8 Å². The van der Waals surface area contributed by atoms with Gasteiger partial charge in [0, 0.05) is 32.1 Å². The summed E-state index contributed by atoms with van der Waals surface area (Å²) < 4.78 is 32.4. The maximum Gasteiger partial charge on any atom is 0.283 e. The molecule has 1 atom stereocenters. The molecule has 2 aliphatic rings. The first kappa shape index (κ1) is 28.3. The Kier molecular flexibility index (Phi) is 6.86. The summed E-state index contributed by atoms with van der Waals surface area (Å²) in [7, 11) is 1.54. The van der Waals surface area contributed by atoms with E-state index in [0.29, 0.717) is 42.4 Å². The summed E-state index contributed by atoms with van der Waals surface area (Å²) >= 11 is 0. The van der Waals surface area contributed by atoms with E-state index in [4.69, 9.17) is 0 Å². The molecular formula is C31H31F2N7O3. The lowest BCUT2D eigenvalue weighted by Crippen LogP contribution is -2.62. The second-order valence-corrected chi connectivity index (χ2v) is 11.1. The summed E-state index contributed by atoms with van der Waals surface area (Å²) in [6.45, 7) is 8.78. The Hall–Kier alpha value is -4.87. The van der Waals surface area contributed by atoms with Gasteiger partial charge in [-0.1, -0.05) is 26.0 Å². The number of carbonyl (C=O) groups is 1. The van der Waals surface area contributed by atoms with Crippen molar-refractivity contribution in [3.63, 3.8) is 0 Å². The molecule has 222 valence electrons. The van der Waals surface area contributed by atoms with Crippen LogP contribution in [0.5, 0.6) is 5.75 Å². The van der Waals surface area contributed by atoms with Crippen LogP contribution in [-0.4, -0.2) is 68.2 Å². The Labute approximate surface area is 246 Å². The molecule has 0 aliphatic carbocycles. The topological polar surface area (TPSA) is 108 Å². The van der Waals surface area contributed by atoms with Crippen molar-refractivity contribution in [3.05, 3.63) is 76.2 Å². The molecule has 6 rings (SSSR count). The molecule has 4 aromatic rings. The first-order chi connectivity index (χ1) is 20.5. The third-order valence-electron chi connectivity index (χ3n) is 8.10. The number of benzene rings is 1. The molecule has 3 aromatic heterocycles. The number of anilines is 2. The molecule has 12 heteroatoms. The van der Waals surface area contributed by atoms with Crippen LogP contribution in [0.25, 0.3) is 28.0 Å². The molecule has 1 aromatic carbocycles. The van der Waals surface area contributed by atoms with E-state index < -0.39 is 40.2 Å². The maximum atomic E-state index is 16.0. The number of aryl methyl sites for hydroxylation is 1. The van der Waals surface area contributed by atoms with Crippen molar-refractivity contribution >= 4 is 28.3 Å². The molecule has 0 bridgehead atoms. The number of aromatic hydroxyl groups is 1. The Morgan fingerprint density at radius 2 is 1.84 bits per heavy atom. The molecule has 0 spiro atoms. The van der Waals surface area contributed by atoms with Crippen molar-refractivity contribution in [3.8, 4) is 22.7 Å². The highest BCUT2D eigenvalue weighted by Crippen LogP contribution is 2.43. The van der Waals surface area contributed by atoms with Gasteiger partial charge in [-0.05, 0) is 44.2 Å². The van der Waals surface area contributed by atoms with Gasteiger partial charge in [0.25, 0.3) is 11.5 Å². The largest absolute Gasteiger partial charge is 0.507 e. The second kappa shape index (κ2) is 10.4. The number of hydrogen-bond donors (Lipinski definition) is 1. The van der Waals surface area contributed by atoms with Crippen LogP contribution in [0.4, 0.5) is 20.2 Å². The van der Waals surface area contributed by atoms with Gasteiger partial charge in [0.1, 0.15) is 35.3 Å². The number of likely N-dealkylation sites (N-methyl/N-ethyl adjacent to an activating group) is 1. The predicted octanol–water partition coefficient (Wildman–Crippen LogP) is 4.26. The highest BCUT2D eigenvalue weighted by atomic mass is 19.1. The van der Waals surface area contributed by atoms with E-state index in [1.165, 1.54) is 41.0 Å². The maximum absolute atomic E-state index is 16.0. The van der Waals surface area contributed by atoms with Gasteiger partial charge in [-0.3, -0.25) is 14.2 Å². The van der Waals surface area contributed by atoms with Crippen LogP contribution in [0.3, 0.4) is 0 Å². The lowest BCUT2D eigenvalue weighted by Gasteiger charge is -2.47. The van der Waals surface area contributed by atoms with Crippen molar-refractivity contribution in [2.45, 2.75) is 39.7 Å². The van der Waals surface area contributed by atoms with Gasteiger partial charge in [0.2, 0.25) is 0 Å². The third-order valence-corrected chi connectivity index (χ3v) is 8.10. The molecule has 1 saturated heterocycles. The van der Waals surface area contributed by atoms with Crippen LogP contribution in [0.15, 0.2) is 47.7 Å². The first-order valence-corrected chi connectivity index (χ1v) is 14.0. The van der Waals surface area contributed by atoms with Crippen molar-refractivity contribution in [1.29, 1.82) is 0 Å². The smallest absolute Gasteiger partial charge is 0.283 e. The number of phenolic OH excluding ortho intramolecular Hbond substituents is 1. The van der Waals surface area contributed by atoms with Crippen molar-refractivity contribution in [1.82, 2.24) is 24.4 Å². The summed E-state index contributed by atoms with van der Waals surface area (Å²) in [6, 6.07) is 4.21. The van der Waals surface area contributed by atoms with Gasteiger partial charge in [-0.15, -0.1) is 0 Å². The van der Waals surface area contributed by atoms with Crippen LogP contribution in [0, 0.1) is 18.6 Å². The molecule has 0 radical (unpaired) electrons. The number of hydrogen-bond acceptors (Lipinski definition) is 8. The number of allylic oxidation sites excluding steroid dienone is 1. The monoisotopic (exact) mass is 587 g/mol. The fraction of sp³-hybridized carbons (Fsp3) is 0.323. The molecular weight excluding hydrogens is 556 g/mol. The number of fused-ring (bicyclic) bond motifs is 5. The van der Waals surface area contributed by atoms with E-state index in [2.05, 4.69) is 15.0 Å². The molecule has 2 aliphatic heterocycles. The summed E-state index contributed by atoms with van der Waals surface area (Å²) in [4.78, 5) is 46.9. The summed E-state index contributed by atoms with van der Waals surface area (Å²) in [5, 5.41) is 10.8. The lowest BCUT2D eigenvalue weighted by molar-refractivity contribution is -0.120. The van der Waals surface area contributed by atoms with Gasteiger partial charge in [0.15, 0.2) is 11.5 Å². The Morgan fingerprint density at radius 3 is 2.53 bits per heavy atom. The quantitative estimate of drug-likeness (QED) is 0.378. The van der Waals surface area contributed by atoms with Gasteiger partial charge >= 0.3 is 0 Å². The zero-order valence-corrected chi connectivity index (χ0v) is 24.5. The van der Waals surface area contributed by atoms with Crippen molar-refractivity contribution in [2.24, 2.45) is 0 Å². The fourth-order valence-electron chi connectivity index (χ4n) is 6.12. The highest BCUT2D eigenvalue weighted by molar-refractivity contribution is 6.11. The number of phenols is 1. The third kappa shape index (κ3) is 4.31. The average molecular weight is 588 g/mol. The standard InChI is InChI=1S/C31H31F2N7O3/c1-6-10-38-11-12-39-21(14-38)30(42)37(5)28-27(39)18-13-20(33)25(23-19(32)8-7-9-22(23)41)36-29(18)40(31(28)43)26-17(4)34-15-35-24(26)16(2)3/h6-10,13,15-16,21,41H,11-12,14H2,1-5H3/t21-/m1/s1. The molecule has 5 heterocycles. The summed E-state index contributed by atoms with van der Waals surface area (Å²) in [5.74, 6) is -2.67. The number of amides is 1. The molecule has 1 amide bonds. The van der Waals surface area contributed by atoms with Crippen LogP contribution in [0.2, 0.25) is 0 Å². The Bertz CT molecular complexity index is 1870. The summed E-state index contributed by atoms with van der Waals surface area (Å²) in [6.07, 6.45) is 5.21. The van der Waals surface area contributed by atoms with Crippen LogP contribution in [0.1, 0.15) is 38.1 Å². The summed E-state index contributed by atoms with van der Waals surface area (Å²) in [5.41, 5.74) is 0.384. The minimum absolute atomic E-state index is 0.0278. The second-order valence-electron chi connectivity index (χ2n) is 11.1. The van der Waals surface area contributed by atoms with Crippen LogP contribution in [-0.2, 0) is 4.79 Å².